The molecule has 3 rings (SSSR count). The van der Waals surface area contributed by atoms with Gasteiger partial charge in [0.1, 0.15) is 5.82 Å². The molecule has 0 spiro atoms. The van der Waals surface area contributed by atoms with Gasteiger partial charge in [-0.3, -0.25) is 4.79 Å². The predicted molar refractivity (Wildman–Crippen MR) is 94.4 cm³/mol. The number of nitrogens with zero attached hydrogens (tertiary/aromatic N) is 2. The van der Waals surface area contributed by atoms with Crippen molar-refractivity contribution in [3.05, 3.63) is 65.5 Å². The van der Waals surface area contributed by atoms with Gasteiger partial charge in [-0.1, -0.05) is 43.7 Å². The van der Waals surface area contributed by atoms with Gasteiger partial charge in [-0.2, -0.15) is 0 Å². The van der Waals surface area contributed by atoms with E-state index in [1.165, 1.54) is 0 Å². The summed E-state index contributed by atoms with van der Waals surface area (Å²) in [6.45, 7) is 6.42. The molecule has 120 valence electrons. The second kappa shape index (κ2) is 7.58. The van der Waals surface area contributed by atoms with E-state index in [4.69, 9.17) is 0 Å². The number of fused-ring (bicyclic) bond motifs is 1. The van der Waals surface area contributed by atoms with Gasteiger partial charge in [-0.25, -0.2) is 4.98 Å². The molecule has 1 amide bonds. The van der Waals surface area contributed by atoms with Gasteiger partial charge in [0.15, 0.2) is 0 Å². The number of amides is 1. The molecule has 23 heavy (non-hydrogen) atoms. The molecule has 0 aliphatic heterocycles. The number of hydrogen-bond donors (Lipinski definition) is 1. The highest BCUT2D eigenvalue weighted by Crippen LogP contribution is 2.14. The van der Waals surface area contributed by atoms with Crippen molar-refractivity contribution in [2.75, 3.05) is 0 Å². The summed E-state index contributed by atoms with van der Waals surface area (Å²) in [6, 6.07) is 15.5. The quantitative estimate of drug-likeness (QED) is 0.799. The highest BCUT2D eigenvalue weighted by atomic mass is 16.1. The van der Waals surface area contributed by atoms with Crippen molar-refractivity contribution in [2.24, 2.45) is 7.05 Å². The van der Waals surface area contributed by atoms with Crippen molar-refractivity contribution in [1.29, 1.82) is 0 Å². The lowest BCUT2D eigenvalue weighted by Crippen LogP contribution is -2.24. The molecule has 0 bridgehead atoms. The van der Waals surface area contributed by atoms with Crippen LogP contribution in [0.5, 0.6) is 0 Å². The fourth-order valence-electron chi connectivity index (χ4n) is 2.32. The molecular formula is C19H23N3O. The Hall–Kier alpha value is -2.62. The van der Waals surface area contributed by atoms with E-state index in [1.807, 2.05) is 80.9 Å². The van der Waals surface area contributed by atoms with Crippen LogP contribution in [0.4, 0.5) is 0 Å². The second-order valence-corrected chi connectivity index (χ2v) is 5.12. The third kappa shape index (κ3) is 3.77. The molecule has 0 atom stereocenters. The number of imidazole rings is 1. The molecule has 4 heteroatoms. The molecule has 4 nitrogen and oxygen atoms in total. The Morgan fingerprint density at radius 2 is 1.74 bits per heavy atom. The number of rotatable bonds is 3. The maximum atomic E-state index is 12.1. The Morgan fingerprint density at radius 3 is 2.39 bits per heavy atom. The van der Waals surface area contributed by atoms with Gasteiger partial charge in [-0.05, 0) is 31.2 Å². The number of para-hydroxylation sites is 2. The Bertz CT molecular complexity index is 788. The monoisotopic (exact) mass is 309 g/mol. The zero-order valence-corrected chi connectivity index (χ0v) is 14.1. The van der Waals surface area contributed by atoms with E-state index < -0.39 is 0 Å². The minimum absolute atomic E-state index is 0.0814. The SMILES string of the molecule is CC.Cc1ccc(C(=O)NCc2nc3ccccc3n2C)cc1. The second-order valence-electron chi connectivity index (χ2n) is 5.12. The Morgan fingerprint density at radius 1 is 1.09 bits per heavy atom. The molecule has 0 aliphatic carbocycles. The third-order valence-electron chi connectivity index (χ3n) is 3.60. The lowest BCUT2D eigenvalue weighted by Gasteiger charge is -2.06. The fourth-order valence-corrected chi connectivity index (χ4v) is 2.32. The molecule has 0 unspecified atom stereocenters. The summed E-state index contributed by atoms with van der Waals surface area (Å²) < 4.78 is 2.00. The van der Waals surface area contributed by atoms with Crippen LogP contribution in [-0.2, 0) is 13.6 Å². The average molecular weight is 309 g/mol. The van der Waals surface area contributed by atoms with Crippen molar-refractivity contribution in [2.45, 2.75) is 27.3 Å². The number of nitrogens with one attached hydrogen (secondary N) is 1. The first-order chi connectivity index (χ1) is 11.1. The summed E-state index contributed by atoms with van der Waals surface area (Å²) in [6.07, 6.45) is 0. The van der Waals surface area contributed by atoms with Crippen LogP contribution in [0.3, 0.4) is 0 Å². The lowest BCUT2D eigenvalue weighted by atomic mass is 10.1. The molecule has 1 aromatic heterocycles. The number of hydrogen-bond acceptors (Lipinski definition) is 2. The van der Waals surface area contributed by atoms with Crippen LogP contribution in [-0.4, -0.2) is 15.5 Å². The van der Waals surface area contributed by atoms with Gasteiger partial charge in [0.05, 0.1) is 17.6 Å². The molecule has 0 saturated carbocycles. The number of carbonyl (C=O) groups excluding carboxylic acids is 1. The van der Waals surface area contributed by atoms with E-state index >= 15 is 0 Å². The molecule has 0 fully saturated rings. The molecule has 0 aliphatic rings. The minimum atomic E-state index is -0.0814. The Balaban J connectivity index is 0.000000924. The van der Waals surface area contributed by atoms with Crippen LogP contribution < -0.4 is 5.32 Å². The first-order valence-corrected chi connectivity index (χ1v) is 7.90. The number of aryl methyl sites for hydroxylation is 2. The number of benzene rings is 2. The third-order valence-corrected chi connectivity index (χ3v) is 3.60. The van der Waals surface area contributed by atoms with E-state index in [0.717, 1.165) is 22.4 Å². The van der Waals surface area contributed by atoms with E-state index in [9.17, 15) is 4.79 Å². The van der Waals surface area contributed by atoms with Gasteiger partial charge in [0.25, 0.3) is 5.91 Å². The van der Waals surface area contributed by atoms with Crippen LogP contribution in [0.25, 0.3) is 11.0 Å². The van der Waals surface area contributed by atoms with Crippen LogP contribution in [0.1, 0.15) is 35.6 Å². The summed E-state index contributed by atoms with van der Waals surface area (Å²) in [4.78, 5) is 16.6. The topological polar surface area (TPSA) is 46.9 Å². The van der Waals surface area contributed by atoms with Gasteiger partial charge in [0.2, 0.25) is 0 Å². The molecule has 2 aromatic carbocycles. The van der Waals surface area contributed by atoms with Crippen molar-refractivity contribution >= 4 is 16.9 Å². The lowest BCUT2D eigenvalue weighted by molar-refractivity contribution is 0.0949. The maximum Gasteiger partial charge on any atom is 0.251 e. The fraction of sp³-hybridized carbons (Fsp3) is 0.263. The maximum absolute atomic E-state index is 12.1. The Kier molecular flexibility index (Phi) is 5.52. The Labute approximate surface area is 137 Å². The molecule has 0 saturated heterocycles. The summed E-state index contributed by atoms with van der Waals surface area (Å²) in [5.41, 5.74) is 3.82. The standard InChI is InChI=1S/C17H17N3O.C2H6/c1-12-7-9-13(10-8-12)17(21)18-11-16-19-14-5-3-4-6-15(14)20(16)2;1-2/h3-10H,11H2,1-2H3,(H,18,21);1-2H3. The highest BCUT2D eigenvalue weighted by molar-refractivity contribution is 5.94. The van der Waals surface area contributed by atoms with Gasteiger partial charge < -0.3 is 9.88 Å². The zero-order valence-electron chi connectivity index (χ0n) is 14.1. The summed E-state index contributed by atoms with van der Waals surface area (Å²) in [7, 11) is 1.96. The molecule has 0 radical (unpaired) electrons. The first-order valence-electron chi connectivity index (χ1n) is 7.90. The van der Waals surface area contributed by atoms with Crippen LogP contribution in [0, 0.1) is 6.92 Å². The van der Waals surface area contributed by atoms with Gasteiger partial charge >= 0.3 is 0 Å². The molecule has 1 N–H and O–H groups in total. The molecule has 3 aromatic rings. The number of aromatic nitrogens is 2. The van der Waals surface area contributed by atoms with E-state index in [0.29, 0.717) is 12.1 Å². The summed E-state index contributed by atoms with van der Waals surface area (Å²) in [5, 5.41) is 2.91. The summed E-state index contributed by atoms with van der Waals surface area (Å²) in [5.74, 6) is 0.763. The van der Waals surface area contributed by atoms with E-state index in [2.05, 4.69) is 10.3 Å². The van der Waals surface area contributed by atoms with E-state index in [1.54, 1.807) is 0 Å². The van der Waals surface area contributed by atoms with Crippen molar-refractivity contribution in [3.63, 3.8) is 0 Å². The van der Waals surface area contributed by atoms with Crippen molar-refractivity contribution in [1.82, 2.24) is 14.9 Å². The van der Waals surface area contributed by atoms with Crippen molar-refractivity contribution in [3.8, 4) is 0 Å². The number of carbonyl (C=O) groups is 1. The smallest absolute Gasteiger partial charge is 0.251 e. The zero-order chi connectivity index (χ0) is 16.8. The first kappa shape index (κ1) is 16.7. The van der Waals surface area contributed by atoms with Crippen molar-refractivity contribution < 1.29 is 4.79 Å². The highest BCUT2D eigenvalue weighted by Gasteiger charge is 2.09. The minimum Gasteiger partial charge on any atom is -0.345 e. The van der Waals surface area contributed by atoms with Crippen LogP contribution in [0.2, 0.25) is 0 Å². The van der Waals surface area contributed by atoms with Gasteiger partial charge in [0, 0.05) is 12.6 Å². The summed E-state index contributed by atoms with van der Waals surface area (Å²) >= 11 is 0. The molecule has 1 heterocycles. The van der Waals surface area contributed by atoms with Crippen LogP contribution in [0.15, 0.2) is 48.5 Å². The van der Waals surface area contributed by atoms with Crippen LogP contribution >= 0.6 is 0 Å². The molecular weight excluding hydrogens is 286 g/mol. The normalized spacial score (nSPS) is 10.1. The van der Waals surface area contributed by atoms with Gasteiger partial charge in [-0.15, -0.1) is 0 Å². The predicted octanol–water partition coefficient (Wildman–Crippen LogP) is 3.84. The van der Waals surface area contributed by atoms with E-state index in [-0.39, 0.29) is 5.91 Å². The largest absolute Gasteiger partial charge is 0.345 e. The average Bonchev–Trinajstić information content (AvgIpc) is 2.92.